The summed E-state index contributed by atoms with van der Waals surface area (Å²) in [6, 6.07) is -0.928. The molecule has 1 aliphatic heterocycles. The van der Waals surface area contributed by atoms with Crippen LogP contribution in [0.2, 0.25) is 0 Å². The second-order valence-electron chi connectivity index (χ2n) is 3.03. The van der Waals surface area contributed by atoms with Gasteiger partial charge in [0.05, 0.1) is 12.1 Å². The van der Waals surface area contributed by atoms with Crippen LogP contribution in [0.3, 0.4) is 0 Å². The average Bonchev–Trinajstić information content (AvgIpc) is 2.08. The molecule has 0 unspecified atom stereocenters. The summed E-state index contributed by atoms with van der Waals surface area (Å²) in [5.41, 5.74) is 5.34. The predicted molar refractivity (Wildman–Crippen MR) is 41.2 cm³/mol. The lowest BCUT2D eigenvalue weighted by Gasteiger charge is -2.38. The van der Waals surface area contributed by atoms with Crippen molar-refractivity contribution in [2.24, 2.45) is 5.73 Å². The van der Waals surface area contributed by atoms with Crippen molar-refractivity contribution >= 4 is 0 Å². The second-order valence-corrected chi connectivity index (χ2v) is 3.03. The highest BCUT2D eigenvalue weighted by Crippen LogP contribution is 2.20. The minimum absolute atomic E-state index is 0.530. The van der Waals surface area contributed by atoms with Crippen molar-refractivity contribution in [3.05, 3.63) is 0 Å². The third-order valence-electron chi connectivity index (χ3n) is 2.17. The molecular formula is C7H15NO4. The Balaban J connectivity index is 2.63. The van der Waals surface area contributed by atoms with Crippen molar-refractivity contribution in [1.29, 1.82) is 0 Å². The molecule has 1 rings (SSSR count). The third kappa shape index (κ3) is 1.60. The number of hydrogen-bond acceptors (Lipinski definition) is 5. The van der Waals surface area contributed by atoms with Gasteiger partial charge < -0.3 is 25.8 Å². The van der Waals surface area contributed by atoms with E-state index in [0.717, 1.165) is 0 Å². The Kier molecular flexibility index (Phi) is 3.03. The normalized spacial score (nSPS) is 49.2. The van der Waals surface area contributed by atoms with Crippen molar-refractivity contribution < 1.29 is 20.1 Å². The van der Waals surface area contributed by atoms with Crippen LogP contribution in [0.25, 0.3) is 0 Å². The summed E-state index contributed by atoms with van der Waals surface area (Å²) < 4.78 is 4.95. The monoisotopic (exact) mass is 177 g/mol. The Bertz CT molecular complexity index is 150. The molecule has 0 aromatic rings. The van der Waals surface area contributed by atoms with Crippen LogP contribution in [-0.2, 0) is 4.74 Å². The fourth-order valence-electron chi connectivity index (χ4n) is 1.30. The summed E-state index contributed by atoms with van der Waals surface area (Å²) >= 11 is 0. The molecule has 1 heterocycles. The molecule has 1 saturated heterocycles. The number of hydrogen-bond donors (Lipinski definition) is 4. The van der Waals surface area contributed by atoms with E-state index < -0.39 is 30.6 Å². The summed E-state index contributed by atoms with van der Waals surface area (Å²) in [4.78, 5) is 0. The van der Waals surface area contributed by atoms with Crippen LogP contribution < -0.4 is 5.73 Å². The van der Waals surface area contributed by atoms with Gasteiger partial charge in [-0.3, -0.25) is 0 Å². The van der Waals surface area contributed by atoms with Gasteiger partial charge in [-0.15, -0.1) is 0 Å². The maximum absolute atomic E-state index is 9.36. The van der Waals surface area contributed by atoms with Crippen molar-refractivity contribution in [2.75, 3.05) is 0 Å². The molecule has 0 aromatic carbocycles. The molecule has 72 valence electrons. The summed E-state index contributed by atoms with van der Waals surface area (Å²) in [5.74, 6) is 0. The van der Waals surface area contributed by atoms with Gasteiger partial charge >= 0.3 is 0 Å². The topological polar surface area (TPSA) is 95.9 Å². The number of rotatable bonds is 1. The fraction of sp³-hybridized carbons (Fsp3) is 1.00. The highest BCUT2D eigenvalue weighted by atomic mass is 16.6. The first kappa shape index (κ1) is 9.88. The van der Waals surface area contributed by atoms with Crippen molar-refractivity contribution in [1.82, 2.24) is 0 Å². The first-order chi connectivity index (χ1) is 5.57. The van der Waals surface area contributed by atoms with Crippen molar-refractivity contribution in [3.63, 3.8) is 0 Å². The molecule has 5 nitrogen and oxygen atoms in total. The Labute approximate surface area is 70.8 Å². The molecule has 5 atom stereocenters. The number of nitrogens with two attached hydrogens (primary N) is 1. The van der Waals surface area contributed by atoms with E-state index in [9.17, 15) is 10.2 Å². The lowest BCUT2D eigenvalue weighted by Crippen LogP contribution is -2.60. The van der Waals surface area contributed by atoms with E-state index in [1.165, 1.54) is 0 Å². The van der Waals surface area contributed by atoms with Gasteiger partial charge in [-0.05, 0) is 6.42 Å². The minimum Gasteiger partial charge on any atom is -0.388 e. The molecule has 0 spiro atoms. The van der Waals surface area contributed by atoms with Crippen LogP contribution in [0.15, 0.2) is 0 Å². The van der Waals surface area contributed by atoms with E-state index in [1.807, 2.05) is 0 Å². The van der Waals surface area contributed by atoms with Crippen LogP contribution in [-0.4, -0.2) is 46.0 Å². The predicted octanol–water partition coefficient (Wildman–Crippen LogP) is -1.84. The molecule has 12 heavy (non-hydrogen) atoms. The van der Waals surface area contributed by atoms with Crippen LogP contribution in [0.4, 0.5) is 0 Å². The van der Waals surface area contributed by atoms with Crippen LogP contribution in [0.5, 0.6) is 0 Å². The number of ether oxygens (including phenoxy) is 1. The van der Waals surface area contributed by atoms with Gasteiger partial charge in [0.1, 0.15) is 12.2 Å². The van der Waals surface area contributed by atoms with E-state index in [1.54, 1.807) is 6.92 Å². The smallest absolute Gasteiger partial charge is 0.172 e. The largest absolute Gasteiger partial charge is 0.388 e. The number of aliphatic hydroxyl groups is 3. The molecule has 5 N–H and O–H groups in total. The molecule has 0 radical (unpaired) electrons. The molecule has 0 aliphatic carbocycles. The van der Waals surface area contributed by atoms with Gasteiger partial charge in [0.2, 0.25) is 0 Å². The molecule has 5 heteroatoms. The third-order valence-corrected chi connectivity index (χ3v) is 2.17. The zero-order valence-corrected chi connectivity index (χ0v) is 6.92. The van der Waals surface area contributed by atoms with E-state index in [4.69, 9.17) is 15.6 Å². The molecule has 1 aliphatic rings. The lowest BCUT2D eigenvalue weighted by molar-refractivity contribution is -0.242. The zero-order valence-electron chi connectivity index (χ0n) is 6.92. The van der Waals surface area contributed by atoms with Crippen molar-refractivity contribution in [2.45, 2.75) is 44.0 Å². The fourth-order valence-corrected chi connectivity index (χ4v) is 1.30. The summed E-state index contributed by atoms with van der Waals surface area (Å²) in [7, 11) is 0. The Hall–Kier alpha value is -0.200. The summed E-state index contributed by atoms with van der Waals surface area (Å²) in [6.07, 6.45) is -3.31. The summed E-state index contributed by atoms with van der Waals surface area (Å²) in [6.45, 7) is 1.80. The average molecular weight is 177 g/mol. The van der Waals surface area contributed by atoms with Crippen molar-refractivity contribution in [3.8, 4) is 0 Å². The Morgan fingerprint density at radius 3 is 2.33 bits per heavy atom. The quantitative estimate of drug-likeness (QED) is 0.377. The van der Waals surface area contributed by atoms with E-state index in [0.29, 0.717) is 6.42 Å². The highest BCUT2D eigenvalue weighted by molar-refractivity contribution is 4.90. The second kappa shape index (κ2) is 3.68. The summed E-state index contributed by atoms with van der Waals surface area (Å²) in [5, 5.41) is 27.8. The van der Waals surface area contributed by atoms with E-state index in [-0.39, 0.29) is 0 Å². The zero-order chi connectivity index (χ0) is 9.30. The molecule has 1 fully saturated rings. The van der Waals surface area contributed by atoms with Gasteiger partial charge in [-0.2, -0.15) is 0 Å². The maximum atomic E-state index is 9.36. The van der Waals surface area contributed by atoms with Gasteiger partial charge in [0, 0.05) is 0 Å². The van der Waals surface area contributed by atoms with Crippen LogP contribution in [0, 0.1) is 0 Å². The first-order valence-electron chi connectivity index (χ1n) is 4.03. The molecular weight excluding hydrogens is 162 g/mol. The van der Waals surface area contributed by atoms with Gasteiger partial charge in [-0.1, -0.05) is 6.92 Å². The molecule has 0 amide bonds. The molecule has 0 aromatic heterocycles. The Morgan fingerprint density at radius 1 is 1.25 bits per heavy atom. The van der Waals surface area contributed by atoms with E-state index >= 15 is 0 Å². The lowest BCUT2D eigenvalue weighted by atomic mass is 9.96. The number of aliphatic hydroxyl groups excluding tert-OH is 3. The standard InChI is InChI=1S/C7H15NO4/c1-2-3-5(9)6(10)4(8)7(11)12-3/h3-7,9-11H,2,8H2,1H3/t3-,4-,5-,6+,7+/m0/s1. The first-order valence-corrected chi connectivity index (χ1v) is 4.03. The maximum Gasteiger partial charge on any atom is 0.172 e. The van der Waals surface area contributed by atoms with Crippen LogP contribution >= 0.6 is 0 Å². The minimum atomic E-state index is -1.19. The van der Waals surface area contributed by atoms with Gasteiger partial charge in [0.25, 0.3) is 0 Å². The Morgan fingerprint density at radius 2 is 1.83 bits per heavy atom. The van der Waals surface area contributed by atoms with Crippen LogP contribution in [0.1, 0.15) is 13.3 Å². The van der Waals surface area contributed by atoms with Gasteiger partial charge in [0.15, 0.2) is 6.29 Å². The molecule has 0 saturated carbocycles. The SMILES string of the molecule is CC[C@@H]1O[C@@H](O)[C@@H](N)[C@@H](O)[C@H]1O. The molecule has 0 bridgehead atoms. The van der Waals surface area contributed by atoms with Gasteiger partial charge in [-0.25, -0.2) is 0 Å². The van der Waals surface area contributed by atoms with E-state index in [2.05, 4.69) is 0 Å². The highest BCUT2D eigenvalue weighted by Gasteiger charge is 2.40.